The first kappa shape index (κ1) is 17.8. The van der Waals surface area contributed by atoms with E-state index in [0.29, 0.717) is 16.3 Å². The quantitative estimate of drug-likeness (QED) is 0.840. The lowest BCUT2D eigenvalue weighted by Crippen LogP contribution is -2.30. The number of halogens is 1. The molecule has 2 aromatic carbocycles. The van der Waals surface area contributed by atoms with Crippen LogP contribution in [0.25, 0.3) is 0 Å². The van der Waals surface area contributed by atoms with Crippen LogP contribution in [0.15, 0.2) is 48.5 Å². The minimum atomic E-state index is -0.926. The Morgan fingerprint density at radius 2 is 1.79 bits per heavy atom. The molecule has 1 amide bonds. The fraction of sp³-hybridized carbons (Fsp3) is 0.222. The SMILES string of the molecule is C[C@@H](OC(=O)c1cccc(Cl)c1)C(=O)Nc1ccc(N(C)C)cc1. The monoisotopic (exact) mass is 346 g/mol. The Morgan fingerprint density at radius 3 is 2.38 bits per heavy atom. The number of esters is 1. The van der Waals surface area contributed by atoms with E-state index in [1.165, 1.54) is 13.0 Å². The Hall–Kier alpha value is -2.53. The Balaban J connectivity index is 1.95. The highest BCUT2D eigenvalue weighted by atomic mass is 35.5. The first-order chi connectivity index (χ1) is 11.4. The molecule has 126 valence electrons. The summed E-state index contributed by atoms with van der Waals surface area (Å²) in [5, 5.41) is 3.15. The summed E-state index contributed by atoms with van der Waals surface area (Å²) in [5.41, 5.74) is 1.96. The fourth-order valence-electron chi connectivity index (χ4n) is 1.98. The predicted octanol–water partition coefficient (Wildman–Crippen LogP) is 3.59. The highest BCUT2D eigenvalue weighted by Crippen LogP contribution is 2.16. The van der Waals surface area contributed by atoms with Gasteiger partial charge in [0.2, 0.25) is 0 Å². The van der Waals surface area contributed by atoms with Crippen molar-refractivity contribution in [2.45, 2.75) is 13.0 Å². The zero-order valence-corrected chi connectivity index (χ0v) is 14.5. The Bertz CT molecular complexity index is 729. The summed E-state index contributed by atoms with van der Waals surface area (Å²) < 4.78 is 5.17. The molecule has 0 radical (unpaired) electrons. The maximum absolute atomic E-state index is 12.1. The lowest BCUT2D eigenvalue weighted by Gasteiger charge is -2.15. The van der Waals surface area contributed by atoms with Crippen molar-refractivity contribution in [2.24, 2.45) is 0 Å². The summed E-state index contributed by atoms with van der Waals surface area (Å²) in [6.45, 7) is 1.52. The van der Waals surface area contributed by atoms with E-state index in [-0.39, 0.29) is 0 Å². The minimum Gasteiger partial charge on any atom is -0.449 e. The summed E-state index contributed by atoms with van der Waals surface area (Å²) in [4.78, 5) is 26.1. The molecule has 24 heavy (non-hydrogen) atoms. The third kappa shape index (κ3) is 4.73. The summed E-state index contributed by atoms with van der Waals surface area (Å²) in [7, 11) is 3.87. The molecule has 0 spiro atoms. The van der Waals surface area contributed by atoms with Gasteiger partial charge in [0.05, 0.1) is 5.56 Å². The highest BCUT2D eigenvalue weighted by molar-refractivity contribution is 6.30. The number of hydrogen-bond acceptors (Lipinski definition) is 4. The maximum Gasteiger partial charge on any atom is 0.338 e. The lowest BCUT2D eigenvalue weighted by atomic mass is 10.2. The summed E-state index contributed by atoms with van der Waals surface area (Å²) in [5.74, 6) is -0.994. The number of nitrogens with one attached hydrogen (secondary N) is 1. The van der Waals surface area contributed by atoms with Crippen molar-refractivity contribution < 1.29 is 14.3 Å². The number of amides is 1. The van der Waals surface area contributed by atoms with Gasteiger partial charge in [0.25, 0.3) is 5.91 Å². The second-order valence-corrected chi connectivity index (χ2v) is 5.92. The fourth-order valence-corrected chi connectivity index (χ4v) is 2.17. The van der Waals surface area contributed by atoms with Crippen molar-refractivity contribution in [3.8, 4) is 0 Å². The topological polar surface area (TPSA) is 58.6 Å². The van der Waals surface area contributed by atoms with Crippen LogP contribution < -0.4 is 10.2 Å². The van der Waals surface area contributed by atoms with Crippen molar-refractivity contribution in [3.63, 3.8) is 0 Å². The number of carbonyl (C=O) groups is 2. The van der Waals surface area contributed by atoms with Gasteiger partial charge in [-0.15, -0.1) is 0 Å². The summed E-state index contributed by atoms with van der Waals surface area (Å²) in [6.07, 6.45) is -0.926. The molecule has 0 bridgehead atoms. The van der Waals surface area contributed by atoms with E-state index in [0.717, 1.165) is 5.69 Å². The van der Waals surface area contributed by atoms with Crippen LogP contribution in [-0.2, 0) is 9.53 Å². The molecule has 0 aliphatic carbocycles. The molecule has 1 atom stereocenters. The van der Waals surface area contributed by atoms with Gasteiger partial charge in [-0.1, -0.05) is 17.7 Å². The van der Waals surface area contributed by atoms with Crippen LogP contribution in [-0.4, -0.2) is 32.1 Å². The molecular formula is C18H19ClN2O3. The van der Waals surface area contributed by atoms with E-state index in [1.807, 2.05) is 31.1 Å². The lowest BCUT2D eigenvalue weighted by molar-refractivity contribution is -0.123. The molecule has 1 N–H and O–H groups in total. The second kappa shape index (κ2) is 7.84. The summed E-state index contributed by atoms with van der Waals surface area (Å²) in [6, 6.07) is 13.7. The third-order valence-corrected chi connectivity index (χ3v) is 3.60. The molecule has 2 rings (SSSR count). The van der Waals surface area contributed by atoms with Gasteiger partial charge in [-0.3, -0.25) is 4.79 Å². The average molecular weight is 347 g/mol. The van der Waals surface area contributed by atoms with Gasteiger partial charge in [-0.2, -0.15) is 0 Å². The molecule has 0 saturated carbocycles. The Kier molecular flexibility index (Phi) is 5.82. The van der Waals surface area contributed by atoms with Crippen LogP contribution in [0.3, 0.4) is 0 Å². The number of nitrogens with zero attached hydrogens (tertiary/aromatic N) is 1. The highest BCUT2D eigenvalue weighted by Gasteiger charge is 2.19. The van der Waals surface area contributed by atoms with E-state index in [4.69, 9.17) is 16.3 Å². The van der Waals surface area contributed by atoms with Gasteiger partial charge < -0.3 is 15.0 Å². The molecular weight excluding hydrogens is 328 g/mol. The van der Waals surface area contributed by atoms with Crippen molar-refractivity contribution in [2.75, 3.05) is 24.3 Å². The number of ether oxygens (including phenoxy) is 1. The number of benzene rings is 2. The van der Waals surface area contributed by atoms with Crippen molar-refractivity contribution in [1.82, 2.24) is 0 Å². The van der Waals surface area contributed by atoms with Gasteiger partial charge in [0.1, 0.15) is 0 Å². The molecule has 2 aromatic rings. The van der Waals surface area contributed by atoms with Gasteiger partial charge in [0, 0.05) is 30.5 Å². The molecule has 0 aliphatic heterocycles. The van der Waals surface area contributed by atoms with Gasteiger partial charge in [-0.25, -0.2) is 4.79 Å². The third-order valence-electron chi connectivity index (χ3n) is 3.36. The van der Waals surface area contributed by atoms with Crippen LogP contribution in [0.4, 0.5) is 11.4 Å². The molecule has 0 fully saturated rings. The standard InChI is InChI=1S/C18H19ClN2O3/c1-12(24-18(23)13-5-4-6-14(19)11-13)17(22)20-15-7-9-16(10-8-15)21(2)3/h4-12H,1-3H3,(H,20,22)/t12-/m1/s1. The van der Waals surface area contributed by atoms with Crippen LogP contribution in [0.5, 0.6) is 0 Å². The largest absolute Gasteiger partial charge is 0.449 e. The normalized spacial score (nSPS) is 11.5. The summed E-state index contributed by atoms with van der Waals surface area (Å²) >= 11 is 5.84. The first-order valence-corrected chi connectivity index (χ1v) is 7.79. The van der Waals surface area contributed by atoms with Crippen LogP contribution in [0, 0.1) is 0 Å². The Morgan fingerprint density at radius 1 is 1.12 bits per heavy atom. The van der Waals surface area contributed by atoms with Crippen molar-refractivity contribution in [1.29, 1.82) is 0 Å². The van der Waals surface area contributed by atoms with E-state index < -0.39 is 18.0 Å². The van der Waals surface area contributed by atoms with Crippen molar-refractivity contribution in [3.05, 3.63) is 59.1 Å². The number of rotatable bonds is 5. The molecule has 0 heterocycles. The molecule has 5 nitrogen and oxygen atoms in total. The van der Waals surface area contributed by atoms with Gasteiger partial charge in [0.15, 0.2) is 6.10 Å². The van der Waals surface area contributed by atoms with E-state index in [1.54, 1.807) is 30.3 Å². The molecule has 0 unspecified atom stereocenters. The van der Waals surface area contributed by atoms with Crippen LogP contribution in [0.2, 0.25) is 5.02 Å². The van der Waals surface area contributed by atoms with Crippen LogP contribution in [0.1, 0.15) is 17.3 Å². The van der Waals surface area contributed by atoms with Gasteiger partial charge >= 0.3 is 5.97 Å². The molecule has 0 aromatic heterocycles. The number of hydrogen-bond donors (Lipinski definition) is 1. The zero-order chi connectivity index (χ0) is 17.7. The Labute approximate surface area is 146 Å². The molecule has 0 saturated heterocycles. The second-order valence-electron chi connectivity index (χ2n) is 5.49. The van der Waals surface area contributed by atoms with Crippen LogP contribution >= 0.6 is 11.6 Å². The first-order valence-electron chi connectivity index (χ1n) is 7.41. The minimum absolute atomic E-state index is 0.303. The molecule has 6 heteroatoms. The predicted molar refractivity (Wildman–Crippen MR) is 95.7 cm³/mol. The zero-order valence-electron chi connectivity index (χ0n) is 13.7. The smallest absolute Gasteiger partial charge is 0.338 e. The maximum atomic E-state index is 12.1. The van der Waals surface area contributed by atoms with E-state index >= 15 is 0 Å². The van der Waals surface area contributed by atoms with E-state index in [2.05, 4.69) is 5.32 Å². The van der Waals surface area contributed by atoms with Gasteiger partial charge in [-0.05, 0) is 49.4 Å². The van der Waals surface area contributed by atoms with E-state index in [9.17, 15) is 9.59 Å². The number of anilines is 2. The molecule has 0 aliphatic rings. The van der Waals surface area contributed by atoms with Crippen molar-refractivity contribution >= 4 is 34.9 Å². The number of carbonyl (C=O) groups excluding carboxylic acids is 2. The average Bonchev–Trinajstić information content (AvgIpc) is 2.55.